The molecule has 22 heavy (non-hydrogen) atoms. The van der Waals surface area contributed by atoms with Crippen LogP contribution in [0.15, 0.2) is 35.5 Å². The molecule has 0 N–H and O–H groups in total. The number of carbonyl (C=O) groups is 1. The largest absolute Gasteiger partial charge is 0.497 e. The lowest BCUT2D eigenvalue weighted by molar-refractivity contribution is 0.0989. The summed E-state index contributed by atoms with van der Waals surface area (Å²) in [6, 6.07) is 7.52. The Morgan fingerprint density at radius 2 is 2.23 bits per heavy atom. The summed E-state index contributed by atoms with van der Waals surface area (Å²) in [5.74, 6) is 0.502. The second-order valence-corrected chi connectivity index (χ2v) is 5.73. The summed E-state index contributed by atoms with van der Waals surface area (Å²) in [5.41, 5.74) is 1.52. The monoisotopic (exact) mass is 316 g/mol. The fraction of sp³-hybridized carbons (Fsp3) is 0.267. The van der Waals surface area contributed by atoms with Crippen LogP contribution in [-0.4, -0.2) is 27.4 Å². The maximum Gasteiger partial charge on any atom is 0.297 e. The van der Waals surface area contributed by atoms with Crippen molar-refractivity contribution in [1.29, 1.82) is 0 Å². The first-order valence-corrected chi connectivity index (χ1v) is 7.70. The van der Waals surface area contributed by atoms with E-state index in [4.69, 9.17) is 4.74 Å². The Morgan fingerprint density at radius 3 is 2.86 bits per heavy atom. The van der Waals surface area contributed by atoms with Crippen LogP contribution in [0.2, 0.25) is 0 Å². The third-order valence-corrected chi connectivity index (χ3v) is 4.48. The molecule has 0 saturated heterocycles. The summed E-state index contributed by atoms with van der Waals surface area (Å²) in [4.78, 5) is 17.2. The molecule has 0 aliphatic carbocycles. The molecule has 3 aromatic rings. The highest BCUT2D eigenvalue weighted by Gasteiger charge is 2.11. The fourth-order valence-electron chi connectivity index (χ4n) is 2.30. The topological polar surface area (TPSA) is 61.4 Å². The molecule has 1 aromatic carbocycles. The van der Waals surface area contributed by atoms with Crippen LogP contribution in [0.25, 0.3) is 10.2 Å². The van der Waals surface area contributed by atoms with Crippen molar-refractivity contribution in [3.63, 3.8) is 0 Å². The number of rotatable bonds is 3. The molecule has 2 heterocycles. The number of ether oxygens (including phenoxy) is 1. The number of hydrogen-bond donors (Lipinski definition) is 0. The standard InChI is InChI=1S/C15H16N4O2S/c1-4-19-11-6-5-10(21-3)9-13(11)22-15(19)17-14(20)12-7-8-16-18(12)2/h5-9H,4H2,1-3H3. The smallest absolute Gasteiger partial charge is 0.297 e. The molecule has 0 fully saturated rings. The second-order valence-electron chi connectivity index (χ2n) is 4.72. The Balaban J connectivity index is 2.15. The average Bonchev–Trinajstić information content (AvgIpc) is 3.09. The normalized spacial score (nSPS) is 12.0. The fourth-order valence-corrected chi connectivity index (χ4v) is 3.42. The Labute approximate surface area is 131 Å². The van der Waals surface area contributed by atoms with Crippen LogP contribution in [0.3, 0.4) is 0 Å². The summed E-state index contributed by atoms with van der Waals surface area (Å²) < 4.78 is 9.84. The molecule has 2 aromatic heterocycles. The molecular weight excluding hydrogens is 300 g/mol. The quantitative estimate of drug-likeness (QED) is 0.744. The van der Waals surface area contributed by atoms with Gasteiger partial charge in [0, 0.05) is 19.8 Å². The van der Waals surface area contributed by atoms with Gasteiger partial charge in [0.1, 0.15) is 11.4 Å². The van der Waals surface area contributed by atoms with Crippen molar-refractivity contribution >= 4 is 27.5 Å². The van der Waals surface area contributed by atoms with Crippen molar-refractivity contribution < 1.29 is 9.53 Å². The van der Waals surface area contributed by atoms with Crippen molar-refractivity contribution in [3.05, 3.63) is 41.0 Å². The highest BCUT2D eigenvalue weighted by atomic mass is 32.1. The summed E-state index contributed by atoms with van der Waals surface area (Å²) in [5, 5.41) is 4.00. The molecule has 0 saturated carbocycles. The van der Waals surface area contributed by atoms with Gasteiger partial charge in [-0.3, -0.25) is 9.48 Å². The first kappa shape index (κ1) is 14.5. The molecule has 0 unspecified atom stereocenters. The minimum Gasteiger partial charge on any atom is -0.497 e. The van der Waals surface area contributed by atoms with Crippen LogP contribution in [0.1, 0.15) is 17.4 Å². The summed E-state index contributed by atoms with van der Waals surface area (Å²) in [6.07, 6.45) is 1.59. The number of fused-ring (bicyclic) bond motifs is 1. The van der Waals surface area contributed by atoms with E-state index in [9.17, 15) is 4.79 Å². The van der Waals surface area contributed by atoms with E-state index < -0.39 is 0 Å². The van der Waals surface area contributed by atoms with Gasteiger partial charge in [0.25, 0.3) is 5.91 Å². The van der Waals surface area contributed by atoms with E-state index in [1.807, 2.05) is 29.7 Å². The minimum atomic E-state index is -0.291. The van der Waals surface area contributed by atoms with Crippen LogP contribution in [-0.2, 0) is 13.6 Å². The number of nitrogens with zero attached hydrogens (tertiary/aromatic N) is 4. The lowest BCUT2D eigenvalue weighted by Gasteiger charge is -2.02. The predicted molar refractivity (Wildman–Crippen MR) is 85.1 cm³/mol. The van der Waals surface area contributed by atoms with Crippen LogP contribution in [0, 0.1) is 0 Å². The Bertz CT molecular complexity index is 904. The van der Waals surface area contributed by atoms with E-state index >= 15 is 0 Å². The van der Waals surface area contributed by atoms with Crippen molar-refractivity contribution in [1.82, 2.24) is 14.3 Å². The van der Waals surface area contributed by atoms with Crippen LogP contribution in [0.4, 0.5) is 0 Å². The molecule has 6 nitrogen and oxygen atoms in total. The Kier molecular flexibility index (Phi) is 3.81. The number of benzene rings is 1. The van der Waals surface area contributed by atoms with Gasteiger partial charge in [0.15, 0.2) is 4.80 Å². The van der Waals surface area contributed by atoms with Crippen LogP contribution >= 0.6 is 11.3 Å². The van der Waals surface area contributed by atoms with Gasteiger partial charge < -0.3 is 9.30 Å². The summed E-state index contributed by atoms with van der Waals surface area (Å²) in [6.45, 7) is 2.77. The zero-order chi connectivity index (χ0) is 15.7. The Morgan fingerprint density at radius 1 is 1.41 bits per heavy atom. The second kappa shape index (κ2) is 5.76. The van der Waals surface area contributed by atoms with Gasteiger partial charge in [-0.25, -0.2) is 0 Å². The zero-order valence-electron chi connectivity index (χ0n) is 12.6. The molecule has 0 bridgehead atoms. The van der Waals surface area contributed by atoms with Gasteiger partial charge in [0.05, 0.1) is 17.3 Å². The van der Waals surface area contributed by atoms with Crippen LogP contribution in [0.5, 0.6) is 5.75 Å². The van der Waals surface area contributed by atoms with Gasteiger partial charge in [0.2, 0.25) is 0 Å². The zero-order valence-corrected chi connectivity index (χ0v) is 13.4. The SMILES string of the molecule is CCn1c(=NC(=O)c2ccnn2C)sc2cc(OC)ccc21. The van der Waals surface area contributed by atoms with Crippen molar-refractivity contribution in [3.8, 4) is 5.75 Å². The minimum absolute atomic E-state index is 0.291. The Hall–Kier alpha value is -2.41. The number of aryl methyl sites for hydroxylation is 2. The summed E-state index contributed by atoms with van der Waals surface area (Å²) >= 11 is 1.48. The molecule has 0 atom stereocenters. The lowest BCUT2D eigenvalue weighted by Crippen LogP contribution is -2.17. The molecule has 3 rings (SSSR count). The number of methoxy groups -OCH3 is 1. The number of hydrogen-bond acceptors (Lipinski definition) is 4. The predicted octanol–water partition coefficient (Wildman–Crippen LogP) is 2.21. The highest BCUT2D eigenvalue weighted by Crippen LogP contribution is 2.23. The lowest BCUT2D eigenvalue weighted by atomic mass is 10.3. The van der Waals surface area contributed by atoms with E-state index in [-0.39, 0.29) is 5.91 Å². The first-order chi connectivity index (χ1) is 10.6. The molecule has 7 heteroatoms. The molecular formula is C15H16N4O2S. The summed E-state index contributed by atoms with van der Waals surface area (Å²) in [7, 11) is 3.37. The number of aromatic nitrogens is 3. The average molecular weight is 316 g/mol. The third-order valence-electron chi connectivity index (χ3n) is 3.44. The number of thiazole rings is 1. The molecule has 114 valence electrons. The molecule has 0 spiro atoms. The van der Waals surface area contributed by atoms with Gasteiger partial charge in [-0.2, -0.15) is 10.1 Å². The maximum atomic E-state index is 12.3. The number of amides is 1. The number of carbonyl (C=O) groups excluding carboxylic acids is 1. The van der Waals surface area contributed by atoms with Crippen molar-refractivity contribution in [2.24, 2.45) is 12.0 Å². The molecule has 0 aliphatic rings. The first-order valence-electron chi connectivity index (χ1n) is 6.88. The van der Waals surface area contributed by atoms with E-state index in [1.165, 1.54) is 16.0 Å². The van der Waals surface area contributed by atoms with Gasteiger partial charge >= 0.3 is 0 Å². The van der Waals surface area contributed by atoms with E-state index in [0.29, 0.717) is 10.5 Å². The maximum absolute atomic E-state index is 12.3. The third kappa shape index (κ3) is 2.43. The van der Waals surface area contributed by atoms with Crippen molar-refractivity contribution in [2.45, 2.75) is 13.5 Å². The van der Waals surface area contributed by atoms with E-state index in [0.717, 1.165) is 22.5 Å². The van der Waals surface area contributed by atoms with Gasteiger partial charge in [-0.15, -0.1) is 0 Å². The molecule has 0 radical (unpaired) electrons. The van der Waals surface area contributed by atoms with Crippen molar-refractivity contribution in [2.75, 3.05) is 7.11 Å². The molecule has 1 amide bonds. The highest BCUT2D eigenvalue weighted by molar-refractivity contribution is 7.16. The van der Waals surface area contributed by atoms with E-state index in [1.54, 1.807) is 26.4 Å². The van der Waals surface area contributed by atoms with Gasteiger partial charge in [-0.1, -0.05) is 11.3 Å². The van der Waals surface area contributed by atoms with Gasteiger partial charge in [-0.05, 0) is 31.2 Å². The van der Waals surface area contributed by atoms with E-state index in [2.05, 4.69) is 10.1 Å². The molecule has 0 aliphatic heterocycles. The van der Waals surface area contributed by atoms with Crippen LogP contribution < -0.4 is 9.54 Å².